The van der Waals surface area contributed by atoms with Crippen LogP contribution in [0.1, 0.15) is 17.8 Å². The Morgan fingerprint density at radius 3 is 2.68 bits per heavy atom. The summed E-state index contributed by atoms with van der Waals surface area (Å²) in [5.41, 5.74) is 4.77. The van der Waals surface area contributed by atoms with Gasteiger partial charge in [-0.2, -0.15) is 0 Å². The normalized spacial score (nSPS) is 36.7. The monoisotopic (exact) mass is 382 g/mol. The number of rotatable bonds is 3. The Balaban J connectivity index is 1.97. The summed E-state index contributed by atoms with van der Waals surface area (Å²) in [6.45, 7) is 0. The third-order valence-corrected chi connectivity index (χ3v) is 7.28. The van der Waals surface area contributed by atoms with E-state index in [0.29, 0.717) is 5.01 Å². The Labute approximate surface area is 140 Å². The SMILES string of the molecule is COC(=O)[C@@H]1[C@H]2C=C[C@@H](C23CC3)[C@@]1(C(N)=O)c1ncc(Br)s1. The topological polar surface area (TPSA) is 82.3 Å². The van der Waals surface area contributed by atoms with Crippen LogP contribution < -0.4 is 5.73 Å². The lowest BCUT2D eigenvalue weighted by Gasteiger charge is -2.35. The van der Waals surface area contributed by atoms with E-state index < -0.39 is 17.2 Å². The maximum absolute atomic E-state index is 12.6. The zero-order valence-electron chi connectivity index (χ0n) is 11.9. The van der Waals surface area contributed by atoms with E-state index in [0.717, 1.165) is 16.6 Å². The van der Waals surface area contributed by atoms with Crippen molar-refractivity contribution in [2.45, 2.75) is 18.3 Å². The Hall–Kier alpha value is -1.21. The van der Waals surface area contributed by atoms with Crippen LogP contribution in [0.15, 0.2) is 22.1 Å². The van der Waals surface area contributed by atoms with Crippen molar-refractivity contribution in [1.82, 2.24) is 4.98 Å². The highest BCUT2D eigenvalue weighted by atomic mass is 79.9. The minimum absolute atomic E-state index is 0.00790. The highest BCUT2D eigenvalue weighted by Gasteiger charge is 2.78. The molecule has 116 valence electrons. The lowest BCUT2D eigenvalue weighted by atomic mass is 9.67. The van der Waals surface area contributed by atoms with E-state index in [4.69, 9.17) is 10.5 Å². The molecule has 0 radical (unpaired) electrons. The van der Waals surface area contributed by atoms with Gasteiger partial charge in [0.1, 0.15) is 10.4 Å². The van der Waals surface area contributed by atoms with E-state index in [1.54, 1.807) is 6.20 Å². The molecule has 1 amide bonds. The lowest BCUT2D eigenvalue weighted by molar-refractivity contribution is -0.152. The molecule has 4 rings (SSSR count). The van der Waals surface area contributed by atoms with Gasteiger partial charge < -0.3 is 10.5 Å². The molecule has 2 fully saturated rings. The molecule has 1 spiro atoms. The average molecular weight is 383 g/mol. The van der Waals surface area contributed by atoms with E-state index in [9.17, 15) is 9.59 Å². The molecule has 0 aliphatic heterocycles. The Kier molecular flexibility index (Phi) is 2.89. The van der Waals surface area contributed by atoms with Crippen molar-refractivity contribution < 1.29 is 14.3 Å². The zero-order chi connectivity index (χ0) is 15.7. The molecule has 2 N–H and O–H groups in total. The minimum atomic E-state index is -1.08. The van der Waals surface area contributed by atoms with Crippen LogP contribution in [0.3, 0.4) is 0 Å². The van der Waals surface area contributed by atoms with E-state index in [1.165, 1.54) is 18.4 Å². The van der Waals surface area contributed by atoms with E-state index in [-0.39, 0.29) is 23.2 Å². The highest BCUT2D eigenvalue weighted by molar-refractivity contribution is 9.11. The average Bonchev–Trinajstić information content (AvgIpc) is 2.96. The highest BCUT2D eigenvalue weighted by Crippen LogP contribution is 2.76. The fraction of sp³-hybridized carbons (Fsp3) is 0.533. The Morgan fingerprint density at radius 2 is 2.18 bits per heavy atom. The van der Waals surface area contributed by atoms with Gasteiger partial charge >= 0.3 is 5.97 Å². The van der Waals surface area contributed by atoms with Gasteiger partial charge in [0.25, 0.3) is 0 Å². The second kappa shape index (κ2) is 4.41. The molecule has 0 unspecified atom stereocenters. The third-order valence-electron chi connectivity index (χ3n) is 5.66. The number of carbonyl (C=O) groups is 2. The first-order valence-electron chi connectivity index (χ1n) is 7.16. The maximum Gasteiger partial charge on any atom is 0.310 e. The number of ether oxygens (including phenoxy) is 1. The number of primary amides is 1. The second-order valence-electron chi connectivity index (χ2n) is 6.33. The van der Waals surface area contributed by atoms with Crippen molar-refractivity contribution in [2.24, 2.45) is 28.9 Å². The number of thiazole rings is 1. The Bertz CT molecular complexity index is 711. The molecular weight excluding hydrogens is 368 g/mol. The van der Waals surface area contributed by atoms with Gasteiger partial charge in [-0.25, -0.2) is 4.98 Å². The maximum atomic E-state index is 12.6. The van der Waals surface area contributed by atoms with Crippen LogP contribution in [-0.2, 0) is 19.7 Å². The fourth-order valence-electron chi connectivity index (χ4n) is 4.72. The van der Waals surface area contributed by atoms with Crippen molar-refractivity contribution in [3.63, 3.8) is 0 Å². The summed E-state index contributed by atoms with van der Waals surface area (Å²) in [4.78, 5) is 29.5. The molecule has 1 aromatic rings. The number of carbonyl (C=O) groups excluding carboxylic acids is 2. The number of methoxy groups -OCH3 is 1. The van der Waals surface area contributed by atoms with Crippen molar-refractivity contribution in [1.29, 1.82) is 0 Å². The number of allylic oxidation sites excluding steroid dienone is 2. The van der Waals surface area contributed by atoms with E-state index in [1.807, 2.05) is 0 Å². The molecule has 0 aromatic carbocycles. The number of aromatic nitrogens is 1. The summed E-state index contributed by atoms with van der Waals surface area (Å²) in [6.07, 6.45) is 7.84. The number of halogens is 1. The molecule has 4 atom stereocenters. The molecule has 3 aliphatic rings. The van der Waals surface area contributed by atoms with Crippen molar-refractivity contribution in [3.8, 4) is 0 Å². The third kappa shape index (κ3) is 1.46. The van der Waals surface area contributed by atoms with Crippen molar-refractivity contribution in [3.05, 3.63) is 27.1 Å². The predicted octanol–water partition coefficient (Wildman–Crippen LogP) is 2.01. The summed E-state index contributed by atoms with van der Waals surface area (Å²) < 4.78 is 5.85. The van der Waals surface area contributed by atoms with Crippen LogP contribution >= 0.6 is 27.3 Å². The lowest BCUT2D eigenvalue weighted by Crippen LogP contribution is -2.53. The molecule has 0 saturated heterocycles. The van der Waals surface area contributed by atoms with Gasteiger partial charge in [-0.15, -0.1) is 11.3 Å². The van der Waals surface area contributed by atoms with Gasteiger partial charge in [0.05, 0.1) is 23.0 Å². The van der Waals surface area contributed by atoms with Crippen LogP contribution in [0.4, 0.5) is 0 Å². The van der Waals surface area contributed by atoms with Crippen LogP contribution in [-0.4, -0.2) is 24.0 Å². The summed E-state index contributed by atoms with van der Waals surface area (Å²) >= 11 is 4.77. The van der Waals surface area contributed by atoms with Crippen molar-refractivity contribution >= 4 is 39.1 Å². The van der Waals surface area contributed by atoms with Gasteiger partial charge in [0, 0.05) is 5.92 Å². The smallest absolute Gasteiger partial charge is 0.310 e. The van der Waals surface area contributed by atoms with Gasteiger partial charge in [-0.05, 0) is 40.1 Å². The number of nitrogens with zero attached hydrogens (tertiary/aromatic N) is 1. The van der Waals surface area contributed by atoms with Gasteiger partial charge in [-0.3, -0.25) is 9.59 Å². The quantitative estimate of drug-likeness (QED) is 0.640. The van der Waals surface area contributed by atoms with Crippen LogP contribution in [0, 0.1) is 23.2 Å². The molecule has 22 heavy (non-hydrogen) atoms. The van der Waals surface area contributed by atoms with Crippen LogP contribution in [0.2, 0.25) is 0 Å². The van der Waals surface area contributed by atoms with Crippen LogP contribution in [0.5, 0.6) is 0 Å². The van der Waals surface area contributed by atoms with E-state index >= 15 is 0 Å². The van der Waals surface area contributed by atoms with Crippen LogP contribution in [0.25, 0.3) is 0 Å². The molecule has 1 heterocycles. The number of esters is 1. The molecule has 1 aromatic heterocycles. The number of hydrogen-bond donors (Lipinski definition) is 1. The first kappa shape index (κ1) is 14.4. The zero-order valence-corrected chi connectivity index (χ0v) is 14.3. The second-order valence-corrected chi connectivity index (χ2v) is 8.74. The fourth-order valence-corrected chi connectivity index (χ4v) is 6.20. The molecular formula is C15H15BrN2O3S. The number of amides is 1. The standard InChI is InChI=1S/C15H15BrN2O3S/c1-21-11(19)10-7-2-3-8(14(7)4-5-14)15(10,12(17)20)13-18-6-9(16)22-13/h2-3,6-8,10H,4-5H2,1H3,(H2,17,20)/t7-,8+,10+,15-/m1/s1. The Morgan fingerprint density at radius 1 is 1.45 bits per heavy atom. The largest absolute Gasteiger partial charge is 0.469 e. The number of nitrogens with two attached hydrogens (primary N) is 1. The van der Waals surface area contributed by atoms with Gasteiger partial charge in [0.15, 0.2) is 0 Å². The summed E-state index contributed by atoms with van der Waals surface area (Å²) in [6, 6.07) is 0. The number of hydrogen-bond acceptors (Lipinski definition) is 5. The summed E-state index contributed by atoms with van der Waals surface area (Å²) in [5.74, 6) is -1.48. The van der Waals surface area contributed by atoms with Gasteiger partial charge in [-0.1, -0.05) is 12.2 Å². The van der Waals surface area contributed by atoms with Crippen molar-refractivity contribution in [2.75, 3.05) is 7.11 Å². The molecule has 2 saturated carbocycles. The molecule has 7 heteroatoms. The summed E-state index contributed by atoms with van der Waals surface area (Å²) in [5, 5.41) is 0.616. The van der Waals surface area contributed by atoms with Gasteiger partial charge in [0.2, 0.25) is 5.91 Å². The predicted molar refractivity (Wildman–Crippen MR) is 84.0 cm³/mol. The molecule has 2 bridgehead atoms. The summed E-state index contributed by atoms with van der Waals surface area (Å²) in [7, 11) is 1.36. The van der Waals surface area contributed by atoms with E-state index in [2.05, 4.69) is 33.1 Å². The first-order valence-corrected chi connectivity index (χ1v) is 8.77. The first-order chi connectivity index (χ1) is 10.5. The molecule has 3 aliphatic carbocycles. The minimum Gasteiger partial charge on any atom is -0.469 e. The molecule has 5 nitrogen and oxygen atoms in total.